The van der Waals surface area contributed by atoms with E-state index in [1.54, 1.807) is 0 Å². The summed E-state index contributed by atoms with van der Waals surface area (Å²) in [5.41, 5.74) is 0. The maximum atomic E-state index is 2.35. The number of hydrogen-bond acceptors (Lipinski definition) is 0. The van der Waals surface area contributed by atoms with Gasteiger partial charge >= 0.3 is 0 Å². The fraction of sp³-hybridized carbons (Fsp3) is 1.00. The first kappa shape index (κ1) is 36.0. The smallest absolute Gasteiger partial charge is 0.0471 e. The van der Waals surface area contributed by atoms with E-state index in [0.29, 0.717) is 0 Å². The van der Waals surface area contributed by atoms with Gasteiger partial charge in [-0.25, -0.2) is 0 Å². The van der Waals surface area contributed by atoms with Gasteiger partial charge < -0.3 is 0 Å². The predicted molar refractivity (Wildman–Crippen MR) is 168 cm³/mol. The molecule has 0 aromatic carbocycles. The van der Waals surface area contributed by atoms with Crippen LogP contribution >= 0.6 is 0 Å². The Bertz CT molecular complexity index is 357. The summed E-state index contributed by atoms with van der Waals surface area (Å²) in [6.07, 6.45) is 47.4. The minimum Gasteiger partial charge on any atom is -0.0654 e. The van der Waals surface area contributed by atoms with Crippen molar-refractivity contribution in [3.63, 3.8) is 0 Å². The van der Waals surface area contributed by atoms with Gasteiger partial charge in [0.05, 0.1) is 0 Å². The lowest BCUT2D eigenvalue weighted by molar-refractivity contribution is 0.500. The summed E-state index contributed by atoms with van der Waals surface area (Å²) in [7, 11) is 0. The van der Waals surface area contributed by atoms with Crippen LogP contribution in [0.4, 0.5) is 0 Å². The summed E-state index contributed by atoms with van der Waals surface area (Å²) in [6, 6.07) is 0. The van der Waals surface area contributed by atoms with E-state index in [1.807, 2.05) is 0 Å². The first-order valence-electron chi connectivity index (χ1n) is 17.8. The highest BCUT2D eigenvalue weighted by atomic mass is 14.0. The van der Waals surface area contributed by atoms with Crippen LogP contribution in [-0.4, -0.2) is 0 Å². The molecule has 0 amide bonds. The Morgan fingerprint density at radius 3 is 0.583 bits per heavy atom. The molecule has 0 bridgehead atoms. The zero-order valence-electron chi connectivity index (χ0n) is 26.2. The molecule has 0 nitrogen and oxygen atoms in total. The van der Waals surface area contributed by atoms with Gasteiger partial charge in [-0.2, -0.15) is 0 Å². The highest BCUT2D eigenvalue weighted by Crippen LogP contribution is 2.17. The van der Waals surface area contributed by atoms with Crippen molar-refractivity contribution >= 4 is 0 Å². The molecule has 0 fully saturated rings. The molecule has 0 aliphatic rings. The molecule has 0 N–H and O–H groups in total. The van der Waals surface area contributed by atoms with Crippen molar-refractivity contribution in [1.82, 2.24) is 0 Å². The highest BCUT2D eigenvalue weighted by molar-refractivity contribution is 4.53. The number of unbranched alkanes of at least 4 members (excludes halogenated alkanes) is 30. The second-order valence-electron chi connectivity index (χ2n) is 12.8. The summed E-state index contributed by atoms with van der Waals surface area (Å²) in [6.45, 7) is 7.01. The SMILES string of the molecule is CCCCCCCCCCCCCCCCCCCCCCCCCCCCCCCCCC(C)C. The molecule has 0 rings (SSSR count). The molecule has 0 unspecified atom stereocenters. The minimum absolute atomic E-state index is 0.897. The van der Waals surface area contributed by atoms with E-state index in [1.165, 1.54) is 205 Å². The van der Waals surface area contributed by atoms with E-state index in [4.69, 9.17) is 0 Å². The van der Waals surface area contributed by atoms with E-state index >= 15 is 0 Å². The molecule has 0 radical (unpaired) electrons. The summed E-state index contributed by atoms with van der Waals surface area (Å²) in [5.74, 6) is 0.897. The van der Waals surface area contributed by atoms with Gasteiger partial charge in [-0.05, 0) is 5.92 Å². The maximum absolute atomic E-state index is 2.35. The lowest BCUT2D eigenvalue weighted by Crippen LogP contribution is -1.87. The summed E-state index contributed by atoms with van der Waals surface area (Å²) in [4.78, 5) is 0. The molecule has 36 heavy (non-hydrogen) atoms. The topological polar surface area (TPSA) is 0 Å². The Morgan fingerprint density at radius 1 is 0.250 bits per heavy atom. The number of rotatable bonds is 32. The third-order valence-corrected chi connectivity index (χ3v) is 8.39. The molecule has 0 saturated heterocycles. The van der Waals surface area contributed by atoms with Gasteiger partial charge in [-0.1, -0.05) is 226 Å². The van der Waals surface area contributed by atoms with Crippen LogP contribution in [0.5, 0.6) is 0 Å². The van der Waals surface area contributed by atoms with Gasteiger partial charge in [-0.3, -0.25) is 0 Å². The van der Waals surface area contributed by atoms with Crippen LogP contribution in [0.1, 0.15) is 226 Å². The second kappa shape index (κ2) is 33.0. The van der Waals surface area contributed by atoms with Gasteiger partial charge in [0.15, 0.2) is 0 Å². The molecule has 0 atom stereocenters. The molecule has 0 aliphatic carbocycles. The van der Waals surface area contributed by atoms with E-state index in [0.717, 1.165) is 5.92 Å². The van der Waals surface area contributed by atoms with Crippen molar-refractivity contribution in [2.75, 3.05) is 0 Å². The molecule has 0 heterocycles. The third-order valence-electron chi connectivity index (χ3n) is 8.39. The van der Waals surface area contributed by atoms with E-state index < -0.39 is 0 Å². The zero-order chi connectivity index (χ0) is 26.2. The Labute approximate surface area is 232 Å². The predicted octanol–water partition coefficient (Wildman–Crippen LogP) is 14.1. The Morgan fingerprint density at radius 2 is 0.417 bits per heavy atom. The van der Waals surface area contributed by atoms with Crippen molar-refractivity contribution in [2.45, 2.75) is 226 Å². The van der Waals surface area contributed by atoms with Gasteiger partial charge in [0.1, 0.15) is 0 Å². The maximum Gasteiger partial charge on any atom is -0.0471 e. The zero-order valence-corrected chi connectivity index (χ0v) is 26.2. The summed E-state index contributed by atoms with van der Waals surface area (Å²) in [5, 5.41) is 0. The molecule has 0 heteroatoms. The lowest BCUT2D eigenvalue weighted by atomic mass is 10.0. The van der Waals surface area contributed by atoms with Crippen molar-refractivity contribution in [2.24, 2.45) is 5.92 Å². The van der Waals surface area contributed by atoms with Crippen LogP contribution in [-0.2, 0) is 0 Å². The van der Waals surface area contributed by atoms with Crippen LogP contribution in [0.2, 0.25) is 0 Å². The average Bonchev–Trinajstić information content (AvgIpc) is 2.87. The van der Waals surface area contributed by atoms with Crippen LogP contribution in [0.15, 0.2) is 0 Å². The molecule has 218 valence electrons. The van der Waals surface area contributed by atoms with Gasteiger partial charge in [0, 0.05) is 0 Å². The van der Waals surface area contributed by atoms with Crippen LogP contribution in [0.25, 0.3) is 0 Å². The van der Waals surface area contributed by atoms with Gasteiger partial charge in [0.2, 0.25) is 0 Å². The van der Waals surface area contributed by atoms with Crippen LogP contribution < -0.4 is 0 Å². The average molecular weight is 507 g/mol. The molecule has 0 aliphatic heterocycles. The normalized spacial score (nSPS) is 11.7. The van der Waals surface area contributed by atoms with Crippen molar-refractivity contribution in [3.8, 4) is 0 Å². The van der Waals surface area contributed by atoms with Gasteiger partial charge in [-0.15, -0.1) is 0 Å². The molecule has 0 aromatic rings. The summed E-state index contributed by atoms with van der Waals surface area (Å²) < 4.78 is 0. The largest absolute Gasteiger partial charge is 0.0654 e. The second-order valence-corrected chi connectivity index (χ2v) is 12.8. The molecular formula is C36H74. The molecule has 0 spiro atoms. The monoisotopic (exact) mass is 507 g/mol. The summed E-state index contributed by atoms with van der Waals surface area (Å²) >= 11 is 0. The third kappa shape index (κ3) is 34.0. The fourth-order valence-electron chi connectivity index (χ4n) is 5.75. The van der Waals surface area contributed by atoms with Crippen molar-refractivity contribution in [1.29, 1.82) is 0 Å². The first-order chi connectivity index (χ1) is 17.8. The van der Waals surface area contributed by atoms with Crippen LogP contribution in [0.3, 0.4) is 0 Å². The fourth-order valence-corrected chi connectivity index (χ4v) is 5.75. The van der Waals surface area contributed by atoms with Crippen LogP contribution in [0, 0.1) is 5.92 Å². The van der Waals surface area contributed by atoms with Crippen molar-refractivity contribution in [3.05, 3.63) is 0 Å². The molecular weight excluding hydrogens is 432 g/mol. The lowest BCUT2D eigenvalue weighted by Gasteiger charge is -2.05. The number of hydrogen-bond donors (Lipinski definition) is 0. The minimum atomic E-state index is 0.897. The standard InChI is InChI=1S/C36H74/c1-4-5-6-7-8-9-10-11-12-13-14-15-16-17-18-19-20-21-22-23-24-25-26-27-28-29-30-31-32-33-34-35-36(2)3/h36H,4-35H2,1-3H3. The van der Waals surface area contributed by atoms with Gasteiger partial charge in [0.25, 0.3) is 0 Å². The molecule has 0 aromatic heterocycles. The first-order valence-corrected chi connectivity index (χ1v) is 17.8. The Balaban J connectivity index is 3.01. The molecule has 0 saturated carbocycles. The van der Waals surface area contributed by atoms with E-state index in [2.05, 4.69) is 20.8 Å². The van der Waals surface area contributed by atoms with Crippen molar-refractivity contribution < 1.29 is 0 Å². The van der Waals surface area contributed by atoms with E-state index in [-0.39, 0.29) is 0 Å². The van der Waals surface area contributed by atoms with E-state index in [9.17, 15) is 0 Å². The quantitative estimate of drug-likeness (QED) is 0.0795. The Hall–Kier alpha value is 0. The highest BCUT2D eigenvalue weighted by Gasteiger charge is 1.97. The Kier molecular flexibility index (Phi) is 33.0.